The summed E-state index contributed by atoms with van der Waals surface area (Å²) in [6.07, 6.45) is 1.97. The first kappa shape index (κ1) is 17.3. The molecule has 2 unspecified atom stereocenters. The Morgan fingerprint density at radius 1 is 1.33 bits per heavy atom. The van der Waals surface area contributed by atoms with E-state index in [9.17, 15) is 19.5 Å². The second-order valence-electron chi connectivity index (χ2n) is 6.09. The van der Waals surface area contributed by atoms with Crippen molar-refractivity contribution in [1.82, 2.24) is 10.6 Å². The van der Waals surface area contributed by atoms with Crippen LogP contribution in [0.15, 0.2) is 0 Å². The van der Waals surface area contributed by atoms with Crippen molar-refractivity contribution in [1.29, 1.82) is 0 Å². The minimum Gasteiger partial charge on any atom is -0.480 e. The highest BCUT2D eigenvalue weighted by atomic mass is 16.5. The van der Waals surface area contributed by atoms with Gasteiger partial charge in [-0.2, -0.15) is 0 Å². The van der Waals surface area contributed by atoms with Gasteiger partial charge in [0.25, 0.3) is 0 Å². The summed E-state index contributed by atoms with van der Waals surface area (Å²) in [5, 5.41) is 14.3. The second-order valence-corrected chi connectivity index (χ2v) is 6.09. The predicted octanol–water partition coefficient (Wildman–Crippen LogP) is 1.13. The highest BCUT2D eigenvalue weighted by Crippen LogP contribution is 2.39. The molecular formula is C14H24N2O5. The van der Waals surface area contributed by atoms with Crippen LogP contribution < -0.4 is 10.6 Å². The fourth-order valence-electron chi connectivity index (χ4n) is 2.25. The quantitative estimate of drug-likeness (QED) is 0.611. The number of urea groups is 1. The molecule has 120 valence electrons. The van der Waals surface area contributed by atoms with Gasteiger partial charge in [-0.1, -0.05) is 13.8 Å². The maximum atomic E-state index is 12.0. The summed E-state index contributed by atoms with van der Waals surface area (Å²) in [5.41, 5.74) is -1.30. The lowest BCUT2D eigenvalue weighted by Gasteiger charge is -2.27. The van der Waals surface area contributed by atoms with Crippen LogP contribution in [-0.4, -0.2) is 41.8 Å². The van der Waals surface area contributed by atoms with Gasteiger partial charge in [-0.05, 0) is 38.0 Å². The van der Waals surface area contributed by atoms with Crippen molar-refractivity contribution in [2.24, 2.45) is 11.8 Å². The molecule has 1 aliphatic rings. The lowest BCUT2D eigenvalue weighted by Crippen LogP contribution is -2.59. The number of carboxylic acids is 1. The molecule has 21 heavy (non-hydrogen) atoms. The van der Waals surface area contributed by atoms with E-state index in [-0.39, 0.29) is 11.8 Å². The van der Waals surface area contributed by atoms with Crippen molar-refractivity contribution < 1.29 is 24.2 Å². The number of carboxylic acid groups (broad SMARTS) is 1. The molecule has 7 nitrogen and oxygen atoms in total. The standard InChI is InChI=1S/C14H24N2O5/c1-8(2)7-10(11(17)21-4)15-13(20)16-14(3,12(18)19)9-5-6-9/h8-10H,5-7H2,1-4H3,(H,18,19)(H2,15,16,20). The first-order chi connectivity index (χ1) is 9.70. The van der Waals surface area contributed by atoms with Gasteiger partial charge < -0.3 is 20.5 Å². The van der Waals surface area contributed by atoms with Crippen molar-refractivity contribution in [3.05, 3.63) is 0 Å². The minimum atomic E-state index is -1.30. The Balaban J connectivity index is 2.68. The van der Waals surface area contributed by atoms with Gasteiger partial charge in [0.05, 0.1) is 7.11 Å². The van der Waals surface area contributed by atoms with E-state index >= 15 is 0 Å². The number of rotatable bonds is 7. The van der Waals surface area contributed by atoms with Crippen molar-refractivity contribution >= 4 is 18.0 Å². The highest BCUT2D eigenvalue weighted by molar-refractivity contribution is 5.89. The number of carbonyl (C=O) groups excluding carboxylic acids is 2. The molecule has 0 heterocycles. The summed E-state index contributed by atoms with van der Waals surface area (Å²) in [6.45, 7) is 5.32. The van der Waals surface area contributed by atoms with Crippen molar-refractivity contribution in [2.75, 3.05) is 7.11 Å². The van der Waals surface area contributed by atoms with Crippen LogP contribution in [0.4, 0.5) is 4.79 Å². The van der Waals surface area contributed by atoms with Gasteiger partial charge in [0.2, 0.25) is 0 Å². The zero-order valence-electron chi connectivity index (χ0n) is 12.9. The SMILES string of the molecule is COC(=O)C(CC(C)C)NC(=O)NC(C)(C(=O)O)C1CC1. The number of amides is 2. The Morgan fingerprint density at radius 2 is 1.90 bits per heavy atom. The van der Waals surface area contributed by atoms with Crippen molar-refractivity contribution in [2.45, 2.75) is 51.6 Å². The number of carbonyl (C=O) groups is 3. The highest BCUT2D eigenvalue weighted by Gasteiger charge is 2.48. The first-order valence-corrected chi connectivity index (χ1v) is 7.10. The summed E-state index contributed by atoms with van der Waals surface area (Å²) < 4.78 is 4.65. The minimum absolute atomic E-state index is 0.0672. The molecule has 0 aliphatic heterocycles. The normalized spacial score (nSPS) is 18.5. The van der Waals surface area contributed by atoms with E-state index in [0.29, 0.717) is 6.42 Å². The number of hydrogen-bond acceptors (Lipinski definition) is 4. The number of methoxy groups -OCH3 is 1. The van der Waals surface area contributed by atoms with Crippen LogP contribution in [0.1, 0.15) is 40.0 Å². The molecule has 0 aromatic heterocycles. The smallest absolute Gasteiger partial charge is 0.329 e. The van der Waals surface area contributed by atoms with E-state index in [0.717, 1.165) is 12.8 Å². The van der Waals surface area contributed by atoms with Gasteiger partial charge in [0, 0.05) is 0 Å². The molecule has 0 bridgehead atoms. The molecule has 2 atom stereocenters. The lowest BCUT2D eigenvalue weighted by molar-refractivity contribution is -0.144. The van der Waals surface area contributed by atoms with E-state index in [4.69, 9.17) is 0 Å². The number of esters is 1. The van der Waals surface area contributed by atoms with Crippen LogP contribution in [0.2, 0.25) is 0 Å². The number of aliphatic carboxylic acids is 1. The molecule has 2 amide bonds. The summed E-state index contributed by atoms with van der Waals surface area (Å²) in [7, 11) is 1.25. The molecule has 0 radical (unpaired) electrons. The van der Waals surface area contributed by atoms with Crippen LogP contribution in [-0.2, 0) is 14.3 Å². The second kappa shape index (κ2) is 6.78. The summed E-state index contributed by atoms with van der Waals surface area (Å²) in [4.78, 5) is 35.0. The van der Waals surface area contributed by atoms with Crippen molar-refractivity contribution in [3.63, 3.8) is 0 Å². The van der Waals surface area contributed by atoms with Gasteiger partial charge in [-0.3, -0.25) is 0 Å². The number of ether oxygens (including phenoxy) is 1. The topological polar surface area (TPSA) is 105 Å². The molecule has 0 aromatic carbocycles. The van der Waals surface area contributed by atoms with Gasteiger partial charge in [0.15, 0.2) is 0 Å². The first-order valence-electron chi connectivity index (χ1n) is 7.10. The monoisotopic (exact) mass is 300 g/mol. The van der Waals surface area contributed by atoms with Gasteiger partial charge in [0.1, 0.15) is 11.6 Å². The fourth-order valence-corrected chi connectivity index (χ4v) is 2.25. The molecule has 1 saturated carbocycles. The van der Waals surface area contributed by atoms with E-state index in [1.54, 1.807) is 0 Å². The van der Waals surface area contributed by atoms with E-state index in [1.807, 2.05) is 13.8 Å². The van der Waals surface area contributed by atoms with Crippen LogP contribution >= 0.6 is 0 Å². The fraction of sp³-hybridized carbons (Fsp3) is 0.786. The Labute approximate surface area is 124 Å². The predicted molar refractivity (Wildman–Crippen MR) is 75.7 cm³/mol. The van der Waals surface area contributed by atoms with Crippen molar-refractivity contribution in [3.8, 4) is 0 Å². The summed E-state index contributed by atoms with van der Waals surface area (Å²) >= 11 is 0. The molecule has 0 saturated heterocycles. The van der Waals surface area contributed by atoms with Crippen LogP contribution in [0.5, 0.6) is 0 Å². The third-order valence-electron chi connectivity index (χ3n) is 3.71. The molecule has 7 heteroatoms. The molecule has 0 aromatic rings. The van der Waals surface area contributed by atoms with Gasteiger partial charge >= 0.3 is 18.0 Å². The average Bonchev–Trinajstić information content (AvgIpc) is 3.20. The van der Waals surface area contributed by atoms with Gasteiger partial charge in [-0.25, -0.2) is 14.4 Å². The molecular weight excluding hydrogens is 276 g/mol. The van der Waals surface area contributed by atoms with E-state index in [1.165, 1.54) is 14.0 Å². The molecule has 3 N–H and O–H groups in total. The zero-order valence-corrected chi connectivity index (χ0v) is 12.9. The maximum Gasteiger partial charge on any atom is 0.329 e. The molecule has 1 fully saturated rings. The third-order valence-corrected chi connectivity index (χ3v) is 3.71. The Morgan fingerprint density at radius 3 is 2.29 bits per heavy atom. The third kappa shape index (κ3) is 4.61. The van der Waals surface area contributed by atoms with Crippen LogP contribution in [0.25, 0.3) is 0 Å². The zero-order chi connectivity index (χ0) is 16.2. The molecule has 0 spiro atoms. The summed E-state index contributed by atoms with van der Waals surface area (Å²) in [5.74, 6) is -1.49. The number of hydrogen-bond donors (Lipinski definition) is 3. The van der Waals surface area contributed by atoms with Gasteiger partial charge in [-0.15, -0.1) is 0 Å². The molecule has 1 aliphatic carbocycles. The lowest BCUT2D eigenvalue weighted by atomic mass is 9.96. The Kier molecular flexibility index (Phi) is 5.57. The van der Waals surface area contributed by atoms with E-state index in [2.05, 4.69) is 15.4 Å². The van der Waals surface area contributed by atoms with E-state index < -0.39 is 29.6 Å². The molecule has 1 rings (SSSR count). The Hall–Kier alpha value is -1.79. The summed E-state index contributed by atoms with van der Waals surface area (Å²) in [6, 6.07) is -1.45. The van der Waals surface area contributed by atoms with Crippen LogP contribution in [0.3, 0.4) is 0 Å². The maximum absolute atomic E-state index is 12.0. The Bertz CT molecular complexity index is 420. The van der Waals surface area contributed by atoms with Crippen LogP contribution in [0, 0.1) is 11.8 Å². The largest absolute Gasteiger partial charge is 0.480 e. The number of nitrogens with one attached hydrogen (secondary N) is 2. The average molecular weight is 300 g/mol.